The van der Waals surface area contributed by atoms with Crippen LogP contribution in [-0.2, 0) is 11.3 Å². The predicted octanol–water partition coefficient (Wildman–Crippen LogP) is 1.66. The first-order valence-electron chi connectivity index (χ1n) is 6.91. The van der Waals surface area contributed by atoms with Gasteiger partial charge in [-0.3, -0.25) is 9.69 Å². The Labute approximate surface area is 114 Å². The third-order valence-corrected chi connectivity index (χ3v) is 4.08. The van der Waals surface area contributed by atoms with E-state index < -0.39 is 0 Å². The standard InChI is InChI=1S/C15H23N3O/c1-11-13(3-2-4-14(11)16)10-18-7-5-12(6-8-18)9-15(17)19/h2-4,12H,5-10,16H2,1H3,(H2,17,19). The number of carbonyl (C=O) groups is 1. The third-order valence-electron chi connectivity index (χ3n) is 4.08. The van der Waals surface area contributed by atoms with Gasteiger partial charge in [0, 0.05) is 18.7 Å². The minimum atomic E-state index is -0.176. The summed E-state index contributed by atoms with van der Waals surface area (Å²) >= 11 is 0. The van der Waals surface area contributed by atoms with E-state index in [1.807, 2.05) is 12.1 Å². The number of benzene rings is 1. The molecular formula is C15H23N3O. The molecule has 1 aromatic rings. The molecule has 104 valence electrons. The topological polar surface area (TPSA) is 72.3 Å². The number of carbonyl (C=O) groups excluding carboxylic acids is 1. The lowest BCUT2D eigenvalue weighted by atomic mass is 9.93. The summed E-state index contributed by atoms with van der Waals surface area (Å²) < 4.78 is 0. The van der Waals surface area contributed by atoms with Crippen LogP contribution in [0.15, 0.2) is 18.2 Å². The van der Waals surface area contributed by atoms with Crippen molar-refractivity contribution in [3.05, 3.63) is 29.3 Å². The van der Waals surface area contributed by atoms with E-state index in [1.165, 1.54) is 11.1 Å². The first kappa shape index (κ1) is 13.9. The van der Waals surface area contributed by atoms with E-state index in [1.54, 1.807) is 0 Å². The molecule has 1 aliphatic heterocycles. The number of piperidine rings is 1. The molecule has 1 fully saturated rings. The van der Waals surface area contributed by atoms with Crippen LogP contribution in [0.25, 0.3) is 0 Å². The van der Waals surface area contributed by atoms with Crippen molar-refractivity contribution in [2.45, 2.75) is 32.7 Å². The first-order chi connectivity index (χ1) is 9.06. The van der Waals surface area contributed by atoms with Crippen LogP contribution in [-0.4, -0.2) is 23.9 Å². The second-order valence-corrected chi connectivity index (χ2v) is 5.52. The normalized spacial score (nSPS) is 17.5. The Bertz CT molecular complexity index is 451. The third kappa shape index (κ3) is 3.70. The number of hydrogen-bond acceptors (Lipinski definition) is 3. The number of anilines is 1. The van der Waals surface area contributed by atoms with Crippen molar-refractivity contribution in [1.82, 2.24) is 4.90 Å². The second kappa shape index (κ2) is 6.06. The Kier molecular flexibility index (Phi) is 4.43. The summed E-state index contributed by atoms with van der Waals surface area (Å²) in [6.45, 7) is 5.09. The van der Waals surface area contributed by atoms with Crippen LogP contribution in [0.2, 0.25) is 0 Å². The van der Waals surface area contributed by atoms with Gasteiger partial charge in [-0.15, -0.1) is 0 Å². The smallest absolute Gasteiger partial charge is 0.217 e. The average Bonchev–Trinajstić information content (AvgIpc) is 2.37. The molecule has 0 radical (unpaired) electrons. The van der Waals surface area contributed by atoms with Gasteiger partial charge in [0.2, 0.25) is 5.91 Å². The van der Waals surface area contributed by atoms with Crippen LogP contribution in [0.5, 0.6) is 0 Å². The molecule has 1 heterocycles. The SMILES string of the molecule is Cc1c(N)cccc1CN1CCC(CC(N)=O)CC1. The first-order valence-corrected chi connectivity index (χ1v) is 6.91. The molecule has 4 N–H and O–H groups in total. The molecule has 19 heavy (non-hydrogen) atoms. The summed E-state index contributed by atoms with van der Waals surface area (Å²) in [7, 11) is 0. The van der Waals surface area contributed by atoms with Gasteiger partial charge in [0.15, 0.2) is 0 Å². The van der Waals surface area contributed by atoms with Crippen molar-refractivity contribution < 1.29 is 4.79 Å². The highest BCUT2D eigenvalue weighted by molar-refractivity contribution is 5.73. The van der Waals surface area contributed by atoms with Gasteiger partial charge in [0.1, 0.15) is 0 Å². The molecule has 1 aromatic carbocycles. The van der Waals surface area contributed by atoms with E-state index in [4.69, 9.17) is 11.5 Å². The molecule has 2 rings (SSSR count). The highest BCUT2D eigenvalue weighted by Crippen LogP contribution is 2.23. The summed E-state index contributed by atoms with van der Waals surface area (Å²) in [4.78, 5) is 13.3. The van der Waals surface area contributed by atoms with Gasteiger partial charge < -0.3 is 11.5 Å². The maximum atomic E-state index is 10.9. The number of rotatable bonds is 4. The van der Waals surface area contributed by atoms with E-state index in [-0.39, 0.29) is 5.91 Å². The number of likely N-dealkylation sites (tertiary alicyclic amines) is 1. The zero-order valence-corrected chi connectivity index (χ0v) is 11.6. The van der Waals surface area contributed by atoms with Crippen molar-refractivity contribution in [2.75, 3.05) is 18.8 Å². The Balaban J connectivity index is 1.89. The fraction of sp³-hybridized carbons (Fsp3) is 0.533. The number of hydrogen-bond donors (Lipinski definition) is 2. The van der Waals surface area contributed by atoms with Gasteiger partial charge >= 0.3 is 0 Å². The Morgan fingerprint density at radius 1 is 1.37 bits per heavy atom. The van der Waals surface area contributed by atoms with Gasteiger partial charge in [0.05, 0.1) is 0 Å². The zero-order valence-electron chi connectivity index (χ0n) is 11.6. The lowest BCUT2D eigenvalue weighted by Crippen LogP contribution is -2.34. The number of amides is 1. The molecule has 1 saturated heterocycles. The lowest BCUT2D eigenvalue weighted by Gasteiger charge is -2.31. The molecule has 1 amide bonds. The van der Waals surface area contributed by atoms with E-state index in [9.17, 15) is 4.79 Å². The van der Waals surface area contributed by atoms with Crippen molar-refractivity contribution in [3.63, 3.8) is 0 Å². The highest BCUT2D eigenvalue weighted by Gasteiger charge is 2.21. The van der Waals surface area contributed by atoms with Crippen LogP contribution in [0.3, 0.4) is 0 Å². The zero-order chi connectivity index (χ0) is 13.8. The molecule has 0 spiro atoms. The van der Waals surface area contributed by atoms with E-state index in [0.29, 0.717) is 12.3 Å². The summed E-state index contributed by atoms with van der Waals surface area (Å²) in [5, 5.41) is 0. The Morgan fingerprint density at radius 2 is 2.05 bits per heavy atom. The predicted molar refractivity (Wildman–Crippen MR) is 77.4 cm³/mol. The number of nitrogens with two attached hydrogens (primary N) is 2. The van der Waals surface area contributed by atoms with Gasteiger partial charge in [0.25, 0.3) is 0 Å². The van der Waals surface area contributed by atoms with Gasteiger partial charge in [-0.25, -0.2) is 0 Å². The fourth-order valence-corrected chi connectivity index (χ4v) is 2.75. The lowest BCUT2D eigenvalue weighted by molar-refractivity contribution is -0.119. The molecule has 0 aromatic heterocycles. The minimum absolute atomic E-state index is 0.176. The van der Waals surface area contributed by atoms with Crippen molar-refractivity contribution in [3.8, 4) is 0 Å². The van der Waals surface area contributed by atoms with E-state index >= 15 is 0 Å². The van der Waals surface area contributed by atoms with E-state index in [2.05, 4.69) is 17.9 Å². The van der Waals surface area contributed by atoms with Gasteiger partial charge in [-0.05, 0) is 56.0 Å². The summed E-state index contributed by atoms with van der Waals surface area (Å²) in [6.07, 6.45) is 2.65. The maximum absolute atomic E-state index is 10.9. The number of primary amides is 1. The van der Waals surface area contributed by atoms with Crippen molar-refractivity contribution in [1.29, 1.82) is 0 Å². The molecule has 4 heteroatoms. The number of nitrogen functional groups attached to an aromatic ring is 1. The van der Waals surface area contributed by atoms with Crippen LogP contribution < -0.4 is 11.5 Å². The van der Waals surface area contributed by atoms with Crippen LogP contribution >= 0.6 is 0 Å². The van der Waals surface area contributed by atoms with Crippen LogP contribution in [0.4, 0.5) is 5.69 Å². The van der Waals surface area contributed by atoms with Crippen LogP contribution in [0.1, 0.15) is 30.4 Å². The van der Waals surface area contributed by atoms with Crippen molar-refractivity contribution in [2.24, 2.45) is 11.7 Å². The van der Waals surface area contributed by atoms with E-state index in [0.717, 1.165) is 38.2 Å². The molecular weight excluding hydrogens is 238 g/mol. The Morgan fingerprint density at radius 3 is 2.68 bits per heavy atom. The molecule has 0 saturated carbocycles. The monoisotopic (exact) mass is 261 g/mol. The van der Waals surface area contributed by atoms with Gasteiger partial charge in [-0.1, -0.05) is 12.1 Å². The summed E-state index contributed by atoms with van der Waals surface area (Å²) in [5.74, 6) is 0.292. The minimum Gasteiger partial charge on any atom is -0.399 e. The average molecular weight is 261 g/mol. The Hall–Kier alpha value is -1.55. The number of nitrogens with zero attached hydrogens (tertiary/aromatic N) is 1. The molecule has 4 nitrogen and oxygen atoms in total. The maximum Gasteiger partial charge on any atom is 0.217 e. The largest absolute Gasteiger partial charge is 0.399 e. The van der Waals surface area contributed by atoms with Crippen molar-refractivity contribution >= 4 is 11.6 Å². The highest BCUT2D eigenvalue weighted by atomic mass is 16.1. The molecule has 0 aliphatic carbocycles. The van der Waals surface area contributed by atoms with Gasteiger partial charge in [-0.2, -0.15) is 0 Å². The molecule has 0 unspecified atom stereocenters. The van der Waals surface area contributed by atoms with Crippen LogP contribution in [0, 0.1) is 12.8 Å². The fourth-order valence-electron chi connectivity index (χ4n) is 2.75. The quantitative estimate of drug-likeness (QED) is 0.810. The molecule has 0 atom stereocenters. The molecule has 1 aliphatic rings. The molecule has 0 bridgehead atoms. The summed E-state index contributed by atoms with van der Waals surface area (Å²) in [5.41, 5.74) is 14.5. The summed E-state index contributed by atoms with van der Waals surface area (Å²) in [6, 6.07) is 6.09. The second-order valence-electron chi connectivity index (χ2n) is 5.52.